The van der Waals surface area contributed by atoms with E-state index in [1.54, 1.807) is 0 Å². The molecule has 0 heterocycles. The average Bonchev–Trinajstić information content (AvgIpc) is 2.15. The van der Waals surface area contributed by atoms with Gasteiger partial charge in [0.15, 0.2) is 0 Å². The van der Waals surface area contributed by atoms with Crippen LogP contribution in [0.3, 0.4) is 0 Å². The van der Waals surface area contributed by atoms with Crippen molar-refractivity contribution in [2.24, 2.45) is 5.92 Å². The fourth-order valence-corrected chi connectivity index (χ4v) is 1.70. The van der Waals surface area contributed by atoms with Gasteiger partial charge in [0.1, 0.15) is 0 Å². The van der Waals surface area contributed by atoms with Crippen molar-refractivity contribution < 1.29 is 5.11 Å². The van der Waals surface area contributed by atoms with Crippen LogP contribution in [0.5, 0.6) is 0 Å². The molecule has 1 saturated carbocycles. The molecule has 0 aliphatic heterocycles. The SMILES string of the molecule is CN(C)C[C@@H]1CCC[C@H]1O. The third-order valence-electron chi connectivity index (χ3n) is 2.22. The van der Waals surface area contributed by atoms with Crippen molar-refractivity contribution in [1.82, 2.24) is 4.90 Å². The summed E-state index contributed by atoms with van der Waals surface area (Å²) >= 11 is 0. The third-order valence-corrected chi connectivity index (χ3v) is 2.22. The number of aliphatic hydroxyl groups is 1. The summed E-state index contributed by atoms with van der Waals surface area (Å²) in [5.41, 5.74) is 0. The Balaban J connectivity index is 2.26. The minimum Gasteiger partial charge on any atom is -0.393 e. The van der Waals surface area contributed by atoms with Crippen molar-refractivity contribution in [1.29, 1.82) is 0 Å². The van der Waals surface area contributed by atoms with E-state index in [0.717, 1.165) is 13.0 Å². The lowest BCUT2D eigenvalue weighted by Gasteiger charge is -2.18. The Bertz CT molecular complexity index is 103. The Morgan fingerprint density at radius 3 is 2.50 bits per heavy atom. The molecule has 0 aromatic heterocycles. The van der Waals surface area contributed by atoms with Gasteiger partial charge in [-0.1, -0.05) is 6.42 Å². The second kappa shape index (κ2) is 3.35. The fraction of sp³-hybridized carbons (Fsp3) is 1.00. The molecule has 2 heteroatoms. The molecule has 0 unspecified atom stereocenters. The smallest absolute Gasteiger partial charge is 0.0580 e. The molecule has 0 bridgehead atoms. The fourth-order valence-electron chi connectivity index (χ4n) is 1.70. The molecule has 1 N–H and O–H groups in total. The lowest BCUT2D eigenvalue weighted by atomic mass is 10.1. The summed E-state index contributed by atoms with van der Waals surface area (Å²) in [5, 5.41) is 9.41. The molecule has 0 aromatic rings. The van der Waals surface area contributed by atoms with Gasteiger partial charge in [0.25, 0.3) is 0 Å². The van der Waals surface area contributed by atoms with Crippen molar-refractivity contribution in [3.63, 3.8) is 0 Å². The molecular formula is C8H17NO. The highest BCUT2D eigenvalue weighted by atomic mass is 16.3. The van der Waals surface area contributed by atoms with Gasteiger partial charge >= 0.3 is 0 Å². The quantitative estimate of drug-likeness (QED) is 0.615. The first-order valence-electron chi connectivity index (χ1n) is 4.03. The van der Waals surface area contributed by atoms with Crippen LogP contribution < -0.4 is 0 Å². The van der Waals surface area contributed by atoms with Crippen molar-refractivity contribution in [3.8, 4) is 0 Å². The van der Waals surface area contributed by atoms with Gasteiger partial charge < -0.3 is 10.0 Å². The number of hydrogen-bond donors (Lipinski definition) is 1. The van der Waals surface area contributed by atoms with Crippen LogP contribution in [-0.4, -0.2) is 36.8 Å². The highest BCUT2D eigenvalue weighted by Crippen LogP contribution is 2.25. The second-order valence-corrected chi connectivity index (χ2v) is 3.52. The van der Waals surface area contributed by atoms with Crippen LogP contribution in [0.15, 0.2) is 0 Å². The van der Waals surface area contributed by atoms with E-state index >= 15 is 0 Å². The zero-order valence-electron chi connectivity index (χ0n) is 6.88. The number of aliphatic hydroxyl groups excluding tert-OH is 1. The van der Waals surface area contributed by atoms with Gasteiger partial charge in [-0.15, -0.1) is 0 Å². The van der Waals surface area contributed by atoms with E-state index in [2.05, 4.69) is 19.0 Å². The normalized spacial score (nSPS) is 33.6. The van der Waals surface area contributed by atoms with Gasteiger partial charge in [0.05, 0.1) is 6.10 Å². The third kappa shape index (κ3) is 1.96. The van der Waals surface area contributed by atoms with E-state index in [4.69, 9.17) is 0 Å². The largest absolute Gasteiger partial charge is 0.393 e. The summed E-state index contributed by atoms with van der Waals surface area (Å²) in [5.74, 6) is 0.537. The molecule has 1 rings (SSSR count). The molecule has 2 atom stereocenters. The predicted octanol–water partition coefficient (Wildman–Crippen LogP) is 0.709. The van der Waals surface area contributed by atoms with E-state index in [-0.39, 0.29) is 6.10 Å². The molecule has 1 fully saturated rings. The van der Waals surface area contributed by atoms with Crippen LogP contribution in [0.4, 0.5) is 0 Å². The standard InChI is InChI=1S/C8H17NO/c1-9(2)6-7-4-3-5-8(7)10/h7-8,10H,3-6H2,1-2H3/t7-,8+/m0/s1. The molecule has 0 radical (unpaired) electrons. The van der Waals surface area contributed by atoms with E-state index < -0.39 is 0 Å². The Morgan fingerprint density at radius 1 is 1.40 bits per heavy atom. The van der Waals surface area contributed by atoms with Crippen molar-refractivity contribution in [2.45, 2.75) is 25.4 Å². The Kier molecular flexibility index (Phi) is 2.69. The maximum absolute atomic E-state index is 9.41. The summed E-state index contributed by atoms with van der Waals surface area (Å²) in [7, 11) is 4.12. The Labute approximate surface area is 62.8 Å². The van der Waals surface area contributed by atoms with Crippen LogP contribution in [0, 0.1) is 5.92 Å². The maximum atomic E-state index is 9.41. The Morgan fingerprint density at radius 2 is 2.10 bits per heavy atom. The molecule has 10 heavy (non-hydrogen) atoms. The van der Waals surface area contributed by atoms with Gasteiger partial charge in [-0.2, -0.15) is 0 Å². The van der Waals surface area contributed by atoms with Gasteiger partial charge in [-0.25, -0.2) is 0 Å². The maximum Gasteiger partial charge on any atom is 0.0580 e. The summed E-state index contributed by atoms with van der Waals surface area (Å²) in [6.07, 6.45) is 3.40. The predicted molar refractivity (Wildman–Crippen MR) is 41.9 cm³/mol. The van der Waals surface area contributed by atoms with E-state index in [0.29, 0.717) is 5.92 Å². The molecule has 2 nitrogen and oxygen atoms in total. The number of rotatable bonds is 2. The summed E-state index contributed by atoms with van der Waals surface area (Å²) in [6.45, 7) is 1.04. The Hall–Kier alpha value is -0.0800. The van der Waals surface area contributed by atoms with Crippen LogP contribution in [0.1, 0.15) is 19.3 Å². The van der Waals surface area contributed by atoms with E-state index in [1.165, 1.54) is 12.8 Å². The molecular weight excluding hydrogens is 126 g/mol. The summed E-state index contributed by atoms with van der Waals surface area (Å²) < 4.78 is 0. The van der Waals surface area contributed by atoms with Gasteiger partial charge in [-0.3, -0.25) is 0 Å². The summed E-state index contributed by atoms with van der Waals surface area (Å²) in [4.78, 5) is 2.15. The first-order valence-corrected chi connectivity index (χ1v) is 4.03. The molecule has 1 aliphatic carbocycles. The van der Waals surface area contributed by atoms with Crippen LogP contribution in [-0.2, 0) is 0 Å². The van der Waals surface area contributed by atoms with E-state index in [1.807, 2.05) is 0 Å². The monoisotopic (exact) mass is 143 g/mol. The van der Waals surface area contributed by atoms with Crippen molar-refractivity contribution in [2.75, 3.05) is 20.6 Å². The highest BCUT2D eigenvalue weighted by molar-refractivity contribution is 4.77. The minimum absolute atomic E-state index is 0.0256. The van der Waals surface area contributed by atoms with E-state index in [9.17, 15) is 5.11 Å². The zero-order valence-corrected chi connectivity index (χ0v) is 6.88. The topological polar surface area (TPSA) is 23.5 Å². The second-order valence-electron chi connectivity index (χ2n) is 3.52. The molecule has 0 aromatic carbocycles. The average molecular weight is 143 g/mol. The number of hydrogen-bond acceptors (Lipinski definition) is 2. The van der Waals surface area contributed by atoms with Crippen molar-refractivity contribution in [3.05, 3.63) is 0 Å². The van der Waals surface area contributed by atoms with Crippen LogP contribution in [0.25, 0.3) is 0 Å². The molecule has 0 saturated heterocycles. The summed E-state index contributed by atoms with van der Waals surface area (Å²) in [6, 6.07) is 0. The van der Waals surface area contributed by atoms with Crippen LogP contribution >= 0.6 is 0 Å². The lowest BCUT2D eigenvalue weighted by molar-refractivity contribution is 0.115. The lowest BCUT2D eigenvalue weighted by Crippen LogP contribution is -2.26. The first-order chi connectivity index (χ1) is 4.70. The van der Waals surface area contributed by atoms with Crippen molar-refractivity contribution >= 4 is 0 Å². The highest BCUT2D eigenvalue weighted by Gasteiger charge is 2.24. The zero-order chi connectivity index (χ0) is 7.56. The molecule has 0 amide bonds. The minimum atomic E-state index is -0.0256. The molecule has 0 spiro atoms. The molecule has 1 aliphatic rings. The van der Waals surface area contributed by atoms with Gasteiger partial charge in [-0.05, 0) is 32.9 Å². The first kappa shape index (κ1) is 8.02. The van der Waals surface area contributed by atoms with Crippen LogP contribution in [0.2, 0.25) is 0 Å². The van der Waals surface area contributed by atoms with Gasteiger partial charge in [0, 0.05) is 6.54 Å². The van der Waals surface area contributed by atoms with Gasteiger partial charge in [0.2, 0.25) is 0 Å². The number of nitrogens with zero attached hydrogens (tertiary/aromatic N) is 1. The molecule has 60 valence electrons.